The molecule has 0 radical (unpaired) electrons. The highest BCUT2D eigenvalue weighted by Gasteiger charge is 2.34. The molecule has 2 rings (SSSR count). The molecule has 2 N–H and O–H groups in total. The Hall–Kier alpha value is -1.56. The third-order valence-corrected chi connectivity index (χ3v) is 4.49. The molecule has 1 heterocycles. The summed E-state index contributed by atoms with van der Waals surface area (Å²) < 4.78 is 23.4. The Balaban J connectivity index is 2.67. The lowest BCUT2D eigenvalue weighted by Gasteiger charge is -2.22. The summed E-state index contributed by atoms with van der Waals surface area (Å²) in [4.78, 5) is 11.0. The number of phenolic OH excluding ortho intramolecular Hbond substituents is 1. The topological polar surface area (TPSA) is 91.7 Å². The molecule has 1 aliphatic heterocycles. The molecule has 1 aromatic carbocycles. The van der Waals surface area contributed by atoms with E-state index in [0.29, 0.717) is 0 Å². The normalized spacial score (nSPS) is 22.4. The fourth-order valence-corrected chi connectivity index (χ4v) is 3.49. The van der Waals surface area contributed by atoms with Crippen molar-refractivity contribution in [2.24, 2.45) is 0 Å². The van der Waals surface area contributed by atoms with Crippen molar-refractivity contribution in [2.75, 3.05) is 5.75 Å². The van der Waals surface area contributed by atoms with Crippen LogP contribution in [0.4, 0.5) is 0 Å². The summed E-state index contributed by atoms with van der Waals surface area (Å²) in [6.45, 7) is 0. The molecule has 0 aliphatic carbocycles. The van der Waals surface area contributed by atoms with Crippen LogP contribution in [0.1, 0.15) is 17.9 Å². The van der Waals surface area contributed by atoms with E-state index >= 15 is 0 Å². The Labute approximate surface area is 92.3 Å². The van der Waals surface area contributed by atoms with Crippen LogP contribution in [-0.4, -0.2) is 30.4 Å². The minimum Gasteiger partial charge on any atom is -0.508 e. The van der Waals surface area contributed by atoms with Crippen LogP contribution in [0.2, 0.25) is 0 Å². The van der Waals surface area contributed by atoms with Crippen LogP contribution in [0.25, 0.3) is 0 Å². The fourth-order valence-electron chi connectivity index (χ4n) is 1.89. The van der Waals surface area contributed by atoms with Gasteiger partial charge in [0.05, 0.1) is 16.6 Å². The number of benzene rings is 1. The van der Waals surface area contributed by atoms with E-state index in [1.165, 1.54) is 18.2 Å². The Kier molecular flexibility index (Phi) is 2.38. The van der Waals surface area contributed by atoms with Gasteiger partial charge in [0.15, 0.2) is 9.84 Å². The summed E-state index contributed by atoms with van der Waals surface area (Å²) >= 11 is 0. The first kappa shape index (κ1) is 10.9. The summed E-state index contributed by atoms with van der Waals surface area (Å²) in [6.07, 6.45) is 0.0497. The monoisotopic (exact) mass is 242 g/mol. The maximum atomic E-state index is 11.7. The van der Waals surface area contributed by atoms with Crippen LogP contribution >= 0.6 is 0 Å². The molecule has 0 aromatic heterocycles. The molecule has 0 saturated carbocycles. The second-order valence-corrected chi connectivity index (χ2v) is 5.80. The zero-order valence-electron chi connectivity index (χ0n) is 8.25. The van der Waals surface area contributed by atoms with Crippen molar-refractivity contribution in [3.8, 4) is 5.75 Å². The Morgan fingerprint density at radius 1 is 1.38 bits per heavy atom. The third kappa shape index (κ3) is 1.65. The standard InChI is InChI=1S/C10H10O5S/c11-6-1-2-9-8(5-6)7(10(12)13)3-4-16(9,14)15/h1-2,5,7,11H,3-4H2,(H,12,13). The molecular weight excluding hydrogens is 232 g/mol. The molecule has 0 amide bonds. The summed E-state index contributed by atoms with van der Waals surface area (Å²) in [5.41, 5.74) is 0.179. The van der Waals surface area contributed by atoms with Gasteiger partial charge in [-0.1, -0.05) is 0 Å². The van der Waals surface area contributed by atoms with E-state index in [-0.39, 0.29) is 28.4 Å². The summed E-state index contributed by atoms with van der Waals surface area (Å²) in [6, 6.07) is 3.72. The van der Waals surface area contributed by atoms with Crippen molar-refractivity contribution in [1.82, 2.24) is 0 Å². The molecule has 5 nitrogen and oxygen atoms in total. The number of carbonyl (C=O) groups is 1. The van der Waals surface area contributed by atoms with Gasteiger partial charge in [0.2, 0.25) is 0 Å². The second-order valence-electron chi connectivity index (χ2n) is 3.72. The van der Waals surface area contributed by atoms with Crippen molar-refractivity contribution in [1.29, 1.82) is 0 Å². The van der Waals surface area contributed by atoms with Gasteiger partial charge >= 0.3 is 5.97 Å². The van der Waals surface area contributed by atoms with Crippen LogP contribution < -0.4 is 0 Å². The highest BCUT2D eigenvalue weighted by Crippen LogP contribution is 2.35. The maximum absolute atomic E-state index is 11.7. The molecule has 0 spiro atoms. The average molecular weight is 242 g/mol. The van der Waals surface area contributed by atoms with E-state index in [1.807, 2.05) is 0 Å². The summed E-state index contributed by atoms with van der Waals surface area (Å²) in [5, 5.41) is 18.2. The van der Waals surface area contributed by atoms with E-state index in [9.17, 15) is 18.3 Å². The van der Waals surface area contributed by atoms with Crippen molar-refractivity contribution < 1.29 is 23.4 Å². The first-order chi connectivity index (χ1) is 7.42. The number of carboxylic acids is 1. The molecule has 1 atom stereocenters. The maximum Gasteiger partial charge on any atom is 0.311 e. The zero-order chi connectivity index (χ0) is 11.9. The first-order valence-corrected chi connectivity index (χ1v) is 6.35. The molecule has 6 heteroatoms. The lowest BCUT2D eigenvalue weighted by Crippen LogP contribution is -2.24. The minimum absolute atomic E-state index is 0.0175. The Morgan fingerprint density at radius 2 is 2.06 bits per heavy atom. The van der Waals surface area contributed by atoms with E-state index in [1.54, 1.807) is 0 Å². The molecule has 0 saturated heterocycles. The van der Waals surface area contributed by atoms with Crippen LogP contribution in [0, 0.1) is 0 Å². The molecule has 86 valence electrons. The van der Waals surface area contributed by atoms with E-state index in [4.69, 9.17) is 5.11 Å². The quantitative estimate of drug-likeness (QED) is 0.757. The number of aliphatic carboxylic acids is 1. The van der Waals surface area contributed by atoms with Crippen LogP contribution in [0.5, 0.6) is 5.75 Å². The van der Waals surface area contributed by atoms with E-state index < -0.39 is 21.7 Å². The third-order valence-electron chi connectivity index (χ3n) is 2.68. The van der Waals surface area contributed by atoms with Gasteiger partial charge < -0.3 is 10.2 Å². The molecule has 1 aromatic rings. The number of hydrogen-bond donors (Lipinski definition) is 2. The number of sulfone groups is 1. The zero-order valence-corrected chi connectivity index (χ0v) is 9.07. The largest absolute Gasteiger partial charge is 0.508 e. The van der Waals surface area contributed by atoms with Crippen molar-refractivity contribution in [3.05, 3.63) is 23.8 Å². The van der Waals surface area contributed by atoms with Crippen LogP contribution in [0.15, 0.2) is 23.1 Å². The average Bonchev–Trinajstić information content (AvgIpc) is 2.16. The lowest BCUT2D eigenvalue weighted by molar-refractivity contribution is -0.138. The predicted octanol–water partition coefficient (Wildman–Crippen LogP) is 0.738. The number of hydrogen-bond acceptors (Lipinski definition) is 4. The van der Waals surface area contributed by atoms with Gasteiger partial charge in [-0.2, -0.15) is 0 Å². The van der Waals surface area contributed by atoms with Gasteiger partial charge in [0.25, 0.3) is 0 Å². The van der Waals surface area contributed by atoms with Gasteiger partial charge in [-0.15, -0.1) is 0 Å². The van der Waals surface area contributed by atoms with Crippen LogP contribution in [0.3, 0.4) is 0 Å². The molecule has 0 bridgehead atoms. The Morgan fingerprint density at radius 3 is 2.69 bits per heavy atom. The van der Waals surface area contributed by atoms with Crippen molar-refractivity contribution in [3.63, 3.8) is 0 Å². The SMILES string of the molecule is O=C(O)C1CCS(=O)(=O)c2ccc(O)cc21. The van der Waals surface area contributed by atoms with E-state index in [2.05, 4.69) is 0 Å². The van der Waals surface area contributed by atoms with Gasteiger partial charge in [-0.3, -0.25) is 4.79 Å². The van der Waals surface area contributed by atoms with Crippen molar-refractivity contribution >= 4 is 15.8 Å². The first-order valence-electron chi connectivity index (χ1n) is 4.70. The molecule has 1 aliphatic rings. The number of aromatic hydroxyl groups is 1. The van der Waals surface area contributed by atoms with Gasteiger partial charge in [0.1, 0.15) is 5.75 Å². The molecule has 0 fully saturated rings. The lowest BCUT2D eigenvalue weighted by atomic mass is 9.96. The highest BCUT2D eigenvalue weighted by atomic mass is 32.2. The van der Waals surface area contributed by atoms with Gasteiger partial charge in [-0.25, -0.2) is 8.42 Å². The van der Waals surface area contributed by atoms with Crippen LogP contribution in [-0.2, 0) is 14.6 Å². The second kappa shape index (κ2) is 3.48. The molecule has 1 unspecified atom stereocenters. The number of rotatable bonds is 1. The summed E-state index contributed by atoms with van der Waals surface area (Å²) in [7, 11) is -3.40. The highest BCUT2D eigenvalue weighted by molar-refractivity contribution is 7.91. The number of carboxylic acid groups (broad SMARTS) is 1. The molecular formula is C10H10O5S. The number of fused-ring (bicyclic) bond motifs is 1. The van der Waals surface area contributed by atoms with E-state index in [0.717, 1.165) is 0 Å². The minimum atomic E-state index is -3.40. The summed E-state index contributed by atoms with van der Waals surface area (Å²) in [5.74, 6) is -2.21. The van der Waals surface area contributed by atoms with Gasteiger partial charge in [0, 0.05) is 0 Å². The van der Waals surface area contributed by atoms with Gasteiger partial charge in [-0.05, 0) is 30.2 Å². The predicted molar refractivity (Wildman–Crippen MR) is 55.2 cm³/mol. The smallest absolute Gasteiger partial charge is 0.311 e. The fraction of sp³-hybridized carbons (Fsp3) is 0.300. The Bertz CT molecular complexity index is 546. The van der Waals surface area contributed by atoms with Crippen molar-refractivity contribution in [2.45, 2.75) is 17.2 Å². The molecule has 16 heavy (non-hydrogen) atoms. The number of phenols is 1.